The van der Waals surface area contributed by atoms with Gasteiger partial charge in [-0.05, 0) is 49.7 Å². The first kappa shape index (κ1) is 24.0. The van der Waals surface area contributed by atoms with Crippen molar-refractivity contribution in [3.05, 3.63) is 54.1 Å². The highest BCUT2D eigenvalue weighted by Gasteiger charge is 2.24. The maximum absolute atomic E-state index is 12.9. The molecule has 0 aromatic heterocycles. The smallest absolute Gasteiger partial charge is 0.338 e. The van der Waals surface area contributed by atoms with Crippen LogP contribution in [0.2, 0.25) is 0 Å². The summed E-state index contributed by atoms with van der Waals surface area (Å²) in [5, 5.41) is 5.23. The van der Waals surface area contributed by atoms with Crippen LogP contribution in [0, 0.1) is 0 Å². The summed E-state index contributed by atoms with van der Waals surface area (Å²) in [5.74, 6) is -0.143. The number of anilines is 1. The third kappa shape index (κ3) is 6.35. The Morgan fingerprint density at radius 3 is 2.35 bits per heavy atom. The molecular formula is C21H27N3O6S. The molecule has 2 rings (SSSR count). The Morgan fingerprint density at radius 1 is 1.03 bits per heavy atom. The standard InChI is InChI=1S/C21H27N3O6S/c1-4-22-21(26)23-14-7-15-30-20(25)16-10-12-17(13-11-16)31(27,28)24(2)18-8-5-6-9-19(18)29-3/h5-6,8-13H,4,7,14-15H2,1-3H3,(H2,22,23,26). The van der Waals surface area contributed by atoms with Crippen LogP contribution >= 0.6 is 0 Å². The summed E-state index contributed by atoms with van der Waals surface area (Å²) >= 11 is 0. The molecule has 0 bridgehead atoms. The van der Waals surface area contributed by atoms with E-state index in [0.29, 0.717) is 30.9 Å². The number of esters is 1. The zero-order chi connectivity index (χ0) is 22.9. The van der Waals surface area contributed by atoms with Gasteiger partial charge in [0, 0.05) is 20.1 Å². The quantitative estimate of drug-likeness (QED) is 0.425. The molecule has 31 heavy (non-hydrogen) atoms. The highest BCUT2D eigenvalue weighted by atomic mass is 32.2. The molecule has 0 saturated heterocycles. The van der Waals surface area contributed by atoms with Gasteiger partial charge in [0.2, 0.25) is 0 Å². The molecule has 0 aliphatic carbocycles. The molecule has 0 heterocycles. The Bertz CT molecular complexity index is 992. The van der Waals surface area contributed by atoms with Gasteiger partial charge in [-0.15, -0.1) is 0 Å². The van der Waals surface area contributed by atoms with E-state index < -0.39 is 16.0 Å². The first-order valence-corrected chi connectivity index (χ1v) is 11.2. The number of benzene rings is 2. The van der Waals surface area contributed by atoms with Crippen LogP contribution in [0.4, 0.5) is 10.5 Å². The number of hydrogen-bond acceptors (Lipinski definition) is 6. The fourth-order valence-electron chi connectivity index (χ4n) is 2.69. The van der Waals surface area contributed by atoms with Gasteiger partial charge in [-0.2, -0.15) is 0 Å². The minimum absolute atomic E-state index is 0.0311. The molecule has 168 valence electrons. The van der Waals surface area contributed by atoms with Crippen molar-refractivity contribution in [2.24, 2.45) is 0 Å². The highest BCUT2D eigenvalue weighted by Crippen LogP contribution is 2.30. The molecule has 0 aliphatic heterocycles. The number of carbonyl (C=O) groups excluding carboxylic acids is 2. The van der Waals surface area contributed by atoms with Crippen molar-refractivity contribution in [3.63, 3.8) is 0 Å². The number of sulfonamides is 1. The lowest BCUT2D eigenvalue weighted by Gasteiger charge is -2.21. The van der Waals surface area contributed by atoms with Gasteiger partial charge in [0.15, 0.2) is 0 Å². The lowest BCUT2D eigenvalue weighted by atomic mass is 10.2. The number of para-hydroxylation sites is 2. The van der Waals surface area contributed by atoms with E-state index in [4.69, 9.17) is 9.47 Å². The van der Waals surface area contributed by atoms with Crippen molar-refractivity contribution in [2.45, 2.75) is 18.2 Å². The van der Waals surface area contributed by atoms with Gasteiger partial charge in [0.05, 0.1) is 29.9 Å². The Morgan fingerprint density at radius 2 is 1.71 bits per heavy atom. The van der Waals surface area contributed by atoms with E-state index in [1.54, 1.807) is 24.3 Å². The Kier molecular flexibility index (Phi) is 8.68. The summed E-state index contributed by atoms with van der Waals surface area (Å²) in [4.78, 5) is 23.4. The van der Waals surface area contributed by atoms with Gasteiger partial charge in [0.25, 0.3) is 10.0 Å². The molecule has 2 aromatic rings. The molecule has 9 nitrogen and oxygen atoms in total. The molecular weight excluding hydrogens is 422 g/mol. The van der Waals surface area contributed by atoms with Crippen LogP contribution in [-0.4, -0.2) is 54.3 Å². The summed E-state index contributed by atoms with van der Waals surface area (Å²) < 4.78 is 37.4. The molecule has 2 N–H and O–H groups in total. The maximum Gasteiger partial charge on any atom is 0.338 e. The number of hydrogen-bond donors (Lipinski definition) is 2. The number of nitrogens with one attached hydrogen (secondary N) is 2. The van der Waals surface area contributed by atoms with E-state index in [0.717, 1.165) is 4.31 Å². The largest absolute Gasteiger partial charge is 0.495 e. The van der Waals surface area contributed by atoms with Crippen molar-refractivity contribution in [1.82, 2.24) is 10.6 Å². The van der Waals surface area contributed by atoms with Crippen LogP contribution in [0.5, 0.6) is 5.75 Å². The van der Waals surface area contributed by atoms with Gasteiger partial charge < -0.3 is 20.1 Å². The normalized spacial score (nSPS) is 10.8. The number of methoxy groups -OCH3 is 1. The van der Waals surface area contributed by atoms with Crippen molar-refractivity contribution in [1.29, 1.82) is 0 Å². The Labute approximate surface area is 182 Å². The van der Waals surface area contributed by atoms with Crippen LogP contribution in [0.3, 0.4) is 0 Å². The van der Waals surface area contributed by atoms with Crippen LogP contribution in [0.25, 0.3) is 0 Å². The predicted molar refractivity (Wildman–Crippen MR) is 117 cm³/mol. The average Bonchev–Trinajstić information content (AvgIpc) is 2.78. The second kappa shape index (κ2) is 11.2. The van der Waals surface area contributed by atoms with Crippen molar-refractivity contribution < 1.29 is 27.5 Å². The minimum atomic E-state index is -3.85. The molecule has 0 atom stereocenters. The van der Waals surface area contributed by atoms with Crippen LogP contribution in [0.1, 0.15) is 23.7 Å². The summed E-state index contributed by atoms with van der Waals surface area (Å²) in [7, 11) is -0.947. The van der Waals surface area contributed by atoms with Crippen molar-refractivity contribution in [3.8, 4) is 5.75 Å². The van der Waals surface area contributed by atoms with E-state index >= 15 is 0 Å². The second-order valence-electron chi connectivity index (χ2n) is 6.44. The summed E-state index contributed by atoms with van der Waals surface area (Å²) in [6, 6.07) is 12.0. The maximum atomic E-state index is 12.9. The molecule has 2 amide bonds. The van der Waals surface area contributed by atoms with E-state index in [2.05, 4.69) is 10.6 Å². The fraction of sp³-hybridized carbons (Fsp3) is 0.333. The van der Waals surface area contributed by atoms with Gasteiger partial charge in [-0.3, -0.25) is 4.31 Å². The molecule has 10 heteroatoms. The lowest BCUT2D eigenvalue weighted by Crippen LogP contribution is -2.36. The number of carbonyl (C=O) groups is 2. The SMILES string of the molecule is CCNC(=O)NCCCOC(=O)c1ccc(S(=O)(=O)N(C)c2ccccc2OC)cc1. The Hall–Kier alpha value is -3.27. The monoisotopic (exact) mass is 449 g/mol. The molecule has 0 aliphatic rings. The number of ether oxygens (including phenoxy) is 2. The van der Waals surface area contributed by atoms with Gasteiger partial charge in [-0.25, -0.2) is 18.0 Å². The van der Waals surface area contributed by atoms with Crippen molar-refractivity contribution >= 4 is 27.7 Å². The first-order chi connectivity index (χ1) is 14.8. The molecule has 2 aromatic carbocycles. The number of rotatable bonds is 10. The van der Waals surface area contributed by atoms with Crippen LogP contribution in [0.15, 0.2) is 53.4 Å². The third-order valence-corrected chi connectivity index (χ3v) is 6.14. The number of amides is 2. The van der Waals surface area contributed by atoms with E-state index in [9.17, 15) is 18.0 Å². The first-order valence-electron chi connectivity index (χ1n) is 9.72. The predicted octanol–water partition coefficient (Wildman–Crippen LogP) is 2.39. The zero-order valence-electron chi connectivity index (χ0n) is 17.8. The summed E-state index contributed by atoms with van der Waals surface area (Å²) in [6.07, 6.45) is 0.457. The van der Waals surface area contributed by atoms with E-state index in [1.807, 2.05) is 6.92 Å². The van der Waals surface area contributed by atoms with Gasteiger partial charge in [0.1, 0.15) is 5.75 Å². The summed E-state index contributed by atoms with van der Waals surface area (Å²) in [6.45, 7) is 2.84. The fourth-order valence-corrected chi connectivity index (χ4v) is 3.89. The van der Waals surface area contributed by atoms with E-state index in [-0.39, 0.29) is 23.1 Å². The number of nitrogens with zero attached hydrogens (tertiary/aromatic N) is 1. The van der Waals surface area contributed by atoms with Crippen LogP contribution < -0.4 is 19.7 Å². The summed E-state index contributed by atoms with van der Waals surface area (Å²) in [5.41, 5.74) is 0.630. The third-order valence-electron chi connectivity index (χ3n) is 4.35. The average molecular weight is 450 g/mol. The molecule has 0 spiro atoms. The molecule has 0 unspecified atom stereocenters. The minimum Gasteiger partial charge on any atom is -0.495 e. The molecule has 0 fully saturated rings. The van der Waals surface area contributed by atoms with Gasteiger partial charge >= 0.3 is 12.0 Å². The second-order valence-corrected chi connectivity index (χ2v) is 8.41. The van der Waals surface area contributed by atoms with Crippen molar-refractivity contribution in [2.75, 3.05) is 38.2 Å². The lowest BCUT2D eigenvalue weighted by molar-refractivity contribution is 0.0501. The zero-order valence-corrected chi connectivity index (χ0v) is 18.6. The van der Waals surface area contributed by atoms with E-state index in [1.165, 1.54) is 38.4 Å². The topological polar surface area (TPSA) is 114 Å². The Balaban J connectivity index is 1.97. The highest BCUT2D eigenvalue weighted by molar-refractivity contribution is 7.92. The van der Waals surface area contributed by atoms with Crippen LogP contribution in [-0.2, 0) is 14.8 Å². The molecule has 0 radical (unpaired) electrons. The molecule has 0 saturated carbocycles. The number of urea groups is 1. The van der Waals surface area contributed by atoms with Gasteiger partial charge in [-0.1, -0.05) is 12.1 Å².